The van der Waals surface area contributed by atoms with E-state index < -0.39 is 0 Å². The van der Waals surface area contributed by atoms with Crippen LogP contribution in [0.5, 0.6) is 5.75 Å². The Labute approximate surface area is 192 Å². The largest absolute Gasteiger partial charge is 0.497 e. The second kappa shape index (κ2) is 11.1. The predicted molar refractivity (Wildman–Crippen MR) is 125 cm³/mol. The molecule has 1 aliphatic rings. The number of rotatable bonds is 8. The zero-order valence-corrected chi connectivity index (χ0v) is 19.1. The van der Waals surface area contributed by atoms with Crippen LogP contribution in [0.2, 0.25) is 0 Å². The number of benzene rings is 2. The number of carbonyl (C=O) groups excluding carboxylic acids is 1. The minimum absolute atomic E-state index is 0.0405. The summed E-state index contributed by atoms with van der Waals surface area (Å²) in [4.78, 5) is 21.5. The first-order valence-corrected chi connectivity index (χ1v) is 11.6. The first-order chi connectivity index (χ1) is 15.7. The van der Waals surface area contributed by atoms with E-state index in [2.05, 4.69) is 15.3 Å². The summed E-state index contributed by atoms with van der Waals surface area (Å²) in [5.41, 5.74) is 2.19. The van der Waals surface area contributed by atoms with Crippen molar-refractivity contribution in [2.75, 3.05) is 44.8 Å². The first-order valence-electron chi connectivity index (χ1n) is 10.8. The summed E-state index contributed by atoms with van der Waals surface area (Å²) >= 11 is 1.42. The highest BCUT2D eigenvalue weighted by Gasteiger charge is 2.21. The molecule has 0 aliphatic carbocycles. The zero-order valence-electron chi connectivity index (χ0n) is 18.3. The minimum Gasteiger partial charge on any atom is -0.497 e. The first kappa shape index (κ1) is 22.2. The third-order valence-corrected chi connectivity index (χ3v) is 6.22. The van der Waals surface area contributed by atoms with E-state index in [0.717, 1.165) is 53.9 Å². The van der Waals surface area contributed by atoms with E-state index in [1.54, 1.807) is 7.11 Å². The van der Waals surface area contributed by atoms with Crippen LogP contribution in [0.1, 0.15) is 23.4 Å². The number of nitrogens with zero attached hydrogens (tertiary/aromatic N) is 4. The average molecular weight is 453 g/mol. The molecule has 1 aromatic heterocycles. The molecule has 0 unspecified atom stereocenters. The molecule has 2 heterocycles. The topological polar surface area (TPSA) is 67.8 Å². The number of hydrogen-bond acceptors (Lipinski definition) is 7. The van der Waals surface area contributed by atoms with E-state index in [9.17, 15) is 4.79 Å². The lowest BCUT2D eigenvalue weighted by atomic mass is 10.1. The number of anilines is 1. The van der Waals surface area contributed by atoms with E-state index in [-0.39, 0.29) is 12.5 Å². The molecule has 0 saturated carbocycles. The second-order valence-corrected chi connectivity index (χ2v) is 8.45. The van der Waals surface area contributed by atoms with Gasteiger partial charge in [0.25, 0.3) is 0 Å². The third kappa shape index (κ3) is 6.05. The van der Waals surface area contributed by atoms with Gasteiger partial charge in [0.05, 0.1) is 13.7 Å². The van der Waals surface area contributed by atoms with Crippen LogP contribution >= 0.6 is 11.5 Å². The quantitative estimate of drug-likeness (QED) is 0.522. The Morgan fingerprint density at radius 2 is 1.88 bits per heavy atom. The maximum Gasteiger partial charge on any atom is 0.248 e. The Morgan fingerprint density at radius 3 is 2.72 bits per heavy atom. The molecule has 0 N–H and O–H groups in total. The monoisotopic (exact) mass is 452 g/mol. The Bertz CT molecular complexity index is 1010. The van der Waals surface area contributed by atoms with Crippen molar-refractivity contribution in [1.29, 1.82) is 0 Å². The average Bonchev–Trinajstić information content (AvgIpc) is 3.14. The van der Waals surface area contributed by atoms with Gasteiger partial charge in [-0.3, -0.25) is 4.79 Å². The maximum absolute atomic E-state index is 12.6. The molecule has 0 bridgehead atoms. The molecule has 1 fully saturated rings. The third-order valence-electron chi connectivity index (χ3n) is 5.41. The van der Waals surface area contributed by atoms with Gasteiger partial charge in [0.15, 0.2) is 0 Å². The molecule has 1 saturated heterocycles. The molecule has 32 heavy (non-hydrogen) atoms. The van der Waals surface area contributed by atoms with Gasteiger partial charge in [-0.25, -0.2) is 4.98 Å². The highest BCUT2D eigenvalue weighted by Crippen LogP contribution is 2.22. The summed E-state index contributed by atoms with van der Waals surface area (Å²) in [6.07, 6.45) is 1.57. The lowest BCUT2D eigenvalue weighted by molar-refractivity contribution is -0.136. The number of carbonyl (C=O) groups is 1. The summed E-state index contributed by atoms with van der Waals surface area (Å²) in [6.45, 7) is 3.57. The molecule has 1 amide bonds. The van der Waals surface area contributed by atoms with Crippen LogP contribution in [0.3, 0.4) is 0 Å². The van der Waals surface area contributed by atoms with Gasteiger partial charge in [-0.05, 0) is 29.7 Å². The van der Waals surface area contributed by atoms with Crippen molar-refractivity contribution in [3.8, 4) is 5.75 Å². The molecule has 0 spiro atoms. The van der Waals surface area contributed by atoms with Crippen molar-refractivity contribution in [2.24, 2.45) is 0 Å². The molecular formula is C24H28N4O3S. The van der Waals surface area contributed by atoms with Gasteiger partial charge in [-0.15, -0.1) is 0 Å². The number of aromatic nitrogens is 2. The standard InChI is InChI=1S/C24H28N4O3S/c1-30-21-10-5-9-20(15-21)16-22-25-24(32-26-22)28-12-6-11-27(13-14-28)23(29)18-31-17-19-7-3-2-4-8-19/h2-5,7-10,15H,6,11-14,16-18H2,1H3. The number of hydrogen-bond donors (Lipinski definition) is 0. The van der Waals surface area contributed by atoms with Gasteiger partial charge in [-0.1, -0.05) is 42.5 Å². The second-order valence-electron chi connectivity index (χ2n) is 7.72. The van der Waals surface area contributed by atoms with Gasteiger partial charge < -0.3 is 19.3 Å². The van der Waals surface area contributed by atoms with Crippen LogP contribution in [-0.2, 0) is 22.6 Å². The minimum atomic E-state index is 0.0405. The fourth-order valence-corrected chi connectivity index (χ4v) is 4.43. The zero-order chi connectivity index (χ0) is 22.2. The van der Waals surface area contributed by atoms with Gasteiger partial charge in [0.1, 0.15) is 18.2 Å². The molecule has 0 atom stereocenters. The maximum atomic E-state index is 12.6. The van der Waals surface area contributed by atoms with Crippen molar-refractivity contribution in [3.63, 3.8) is 0 Å². The lowest BCUT2D eigenvalue weighted by Gasteiger charge is -2.21. The van der Waals surface area contributed by atoms with Crippen molar-refractivity contribution in [2.45, 2.75) is 19.4 Å². The van der Waals surface area contributed by atoms with Crippen molar-refractivity contribution < 1.29 is 14.3 Å². The molecule has 7 nitrogen and oxygen atoms in total. The predicted octanol–water partition coefficient (Wildman–Crippen LogP) is 3.39. The van der Waals surface area contributed by atoms with Gasteiger partial charge in [0.2, 0.25) is 11.0 Å². The van der Waals surface area contributed by atoms with Crippen molar-refractivity contribution in [3.05, 3.63) is 71.5 Å². The van der Waals surface area contributed by atoms with Crippen LogP contribution in [-0.4, -0.2) is 60.1 Å². The molecule has 0 radical (unpaired) electrons. The fraction of sp³-hybridized carbons (Fsp3) is 0.375. The van der Waals surface area contributed by atoms with Crippen LogP contribution < -0.4 is 9.64 Å². The van der Waals surface area contributed by atoms with E-state index >= 15 is 0 Å². The molecule has 4 rings (SSSR count). The van der Waals surface area contributed by atoms with Crippen LogP contribution in [0, 0.1) is 0 Å². The van der Waals surface area contributed by atoms with E-state index in [0.29, 0.717) is 19.6 Å². The smallest absolute Gasteiger partial charge is 0.248 e. The number of methoxy groups -OCH3 is 1. The van der Waals surface area contributed by atoms with Crippen LogP contribution in [0.15, 0.2) is 54.6 Å². The van der Waals surface area contributed by atoms with Gasteiger partial charge >= 0.3 is 0 Å². The highest BCUT2D eigenvalue weighted by atomic mass is 32.1. The summed E-state index contributed by atoms with van der Waals surface area (Å²) in [6, 6.07) is 17.9. The van der Waals surface area contributed by atoms with Crippen LogP contribution in [0.25, 0.3) is 0 Å². The molecule has 168 valence electrons. The Hall–Kier alpha value is -2.97. The molecule has 1 aliphatic heterocycles. The molecule has 3 aromatic rings. The van der Waals surface area contributed by atoms with E-state index in [4.69, 9.17) is 14.5 Å². The summed E-state index contributed by atoms with van der Waals surface area (Å²) in [5.74, 6) is 1.69. The Morgan fingerprint density at radius 1 is 1.03 bits per heavy atom. The van der Waals surface area contributed by atoms with Crippen molar-refractivity contribution in [1.82, 2.24) is 14.3 Å². The SMILES string of the molecule is COc1cccc(Cc2nsc(N3CCCN(C(=O)COCc4ccccc4)CC3)n2)c1. The highest BCUT2D eigenvalue weighted by molar-refractivity contribution is 7.09. The summed E-state index contributed by atoms with van der Waals surface area (Å²) < 4.78 is 15.5. The van der Waals surface area contributed by atoms with Crippen molar-refractivity contribution >= 4 is 22.6 Å². The van der Waals surface area contributed by atoms with Gasteiger partial charge in [0, 0.05) is 44.1 Å². The summed E-state index contributed by atoms with van der Waals surface area (Å²) in [7, 11) is 1.67. The Kier molecular flexibility index (Phi) is 7.68. The molecule has 8 heteroatoms. The molecule has 2 aromatic carbocycles. The van der Waals surface area contributed by atoms with E-state index in [1.165, 1.54) is 11.5 Å². The number of ether oxygens (including phenoxy) is 2. The fourth-order valence-electron chi connectivity index (χ4n) is 3.69. The molecular weight excluding hydrogens is 424 g/mol. The summed E-state index contributed by atoms with van der Waals surface area (Å²) in [5, 5.41) is 0.914. The normalized spacial score (nSPS) is 14.3. The number of amides is 1. The lowest BCUT2D eigenvalue weighted by Crippen LogP contribution is -2.37. The van der Waals surface area contributed by atoms with E-state index in [1.807, 2.05) is 53.4 Å². The van der Waals surface area contributed by atoms with Gasteiger partial charge in [-0.2, -0.15) is 4.37 Å². The van der Waals surface area contributed by atoms with Crippen LogP contribution in [0.4, 0.5) is 5.13 Å². The Balaban J connectivity index is 1.27.